The van der Waals surface area contributed by atoms with Gasteiger partial charge in [0.25, 0.3) is 0 Å². The van der Waals surface area contributed by atoms with Gasteiger partial charge in [0.1, 0.15) is 5.84 Å². The SMILES string of the molecule is CC=C(/C=C(/C=N)CC(C)=NC(C)C)C1N=C(CC2=C3CCCC(NC(=O)CN4CCCC(O)C4)C3=CC=CC2)NO1. The lowest BCUT2D eigenvalue weighted by atomic mass is 9.81. The summed E-state index contributed by atoms with van der Waals surface area (Å²) in [7, 11) is 0. The Morgan fingerprint density at radius 3 is 2.93 bits per heavy atom. The number of fused-ring (bicyclic) bond motifs is 1. The summed E-state index contributed by atoms with van der Waals surface area (Å²) in [6.07, 6.45) is 17.7. The smallest absolute Gasteiger partial charge is 0.234 e. The first-order chi connectivity index (χ1) is 20.2. The van der Waals surface area contributed by atoms with Crippen molar-refractivity contribution in [1.82, 2.24) is 15.7 Å². The number of rotatable bonds is 11. The second-order valence-electron chi connectivity index (χ2n) is 12.0. The first kappa shape index (κ1) is 31.8. The van der Waals surface area contributed by atoms with Crippen LogP contribution in [0.1, 0.15) is 79.1 Å². The van der Waals surface area contributed by atoms with Gasteiger partial charge in [-0.05, 0) is 95.6 Å². The quantitative estimate of drug-likeness (QED) is 0.209. The van der Waals surface area contributed by atoms with Crippen molar-refractivity contribution < 1.29 is 14.7 Å². The van der Waals surface area contributed by atoms with Crippen LogP contribution in [0.4, 0.5) is 0 Å². The van der Waals surface area contributed by atoms with E-state index < -0.39 is 6.23 Å². The molecule has 4 N–H and O–H groups in total. The van der Waals surface area contributed by atoms with Crippen LogP contribution in [-0.4, -0.2) is 77.7 Å². The third-order valence-corrected chi connectivity index (χ3v) is 8.07. The van der Waals surface area contributed by atoms with Gasteiger partial charge in [-0.25, -0.2) is 9.83 Å². The molecule has 1 saturated heterocycles. The molecule has 0 bridgehead atoms. The molecule has 4 aliphatic rings. The summed E-state index contributed by atoms with van der Waals surface area (Å²) < 4.78 is 0. The molecule has 2 heterocycles. The van der Waals surface area contributed by atoms with Gasteiger partial charge in [0.05, 0.1) is 18.7 Å². The van der Waals surface area contributed by atoms with E-state index in [-0.39, 0.29) is 24.1 Å². The highest BCUT2D eigenvalue weighted by Gasteiger charge is 2.29. The number of allylic oxidation sites excluding steroid dienone is 5. The minimum absolute atomic E-state index is 0.0156. The summed E-state index contributed by atoms with van der Waals surface area (Å²) in [5.41, 5.74) is 9.62. The average molecular weight is 577 g/mol. The lowest BCUT2D eigenvalue weighted by molar-refractivity contribution is -0.123. The highest BCUT2D eigenvalue weighted by molar-refractivity contribution is 5.92. The number of nitrogens with one attached hydrogen (secondary N) is 3. The van der Waals surface area contributed by atoms with Crippen molar-refractivity contribution >= 4 is 23.7 Å². The fraction of sp³-hybridized carbons (Fsp3) is 0.576. The van der Waals surface area contributed by atoms with E-state index in [9.17, 15) is 9.90 Å². The molecule has 42 heavy (non-hydrogen) atoms. The standard InChI is InChI=1S/C33H48N6O3/c1-5-25(17-24(19-34)16-23(4)35-22(2)3)33-37-31(38-42-33)18-26-10-6-7-12-29-28(26)13-8-14-30(29)36-32(41)21-39-15-9-11-27(40)20-39/h5-7,12,17,19,22,27,30,33-34,40H,8-11,13-16,18,20-21H2,1-4H3,(H,36,41)(H,37,38)/b24-17+,25-5?,34-19?,35-23?. The van der Waals surface area contributed by atoms with Gasteiger partial charge in [0.15, 0.2) is 0 Å². The summed E-state index contributed by atoms with van der Waals surface area (Å²) in [5.74, 6) is 0.805. The molecule has 4 rings (SSSR count). The van der Waals surface area contributed by atoms with E-state index in [2.05, 4.69) is 52.8 Å². The summed E-state index contributed by atoms with van der Waals surface area (Å²) in [5, 5.41) is 21.2. The maximum atomic E-state index is 13.0. The lowest BCUT2D eigenvalue weighted by Gasteiger charge is -2.32. The minimum atomic E-state index is -0.476. The largest absolute Gasteiger partial charge is 0.392 e. The predicted molar refractivity (Wildman–Crippen MR) is 170 cm³/mol. The van der Waals surface area contributed by atoms with Crippen molar-refractivity contribution in [2.45, 2.75) is 103 Å². The van der Waals surface area contributed by atoms with E-state index in [1.54, 1.807) is 0 Å². The third-order valence-electron chi connectivity index (χ3n) is 8.07. The molecule has 0 spiro atoms. The fourth-order valence-corrected chi connectivity index (χ4v) is 6.22. The van der Waals surface area contributed by atoms with Crippen LogP contribution >= 0.6 is 0 Å². The number of piperidine rings is 1. The first-order valence-electron chi connectivity index (χ1n) is 15.4. The molecule has 9 heteroatoms. The molecule has 0 aromatic heterocycles. The molecule has 2 fully saturated rings. The molecule has 228 valence electrons. The van der Waals surface area contributed by atoms with Crippen LogP contribution in [-0.2, 0) is 9.63 Å². The number of aliphatic imine (C=N–C) groups is 2. The molecule has 3 unspecified atom stereocenters. The van der Waals surface area contributed by atoms with Crippen LogP contribution in [0.25, 0.3) is 0 Å². The lowest BCUT2D eigenvalue weighted by Crippen LogP contribution is -2.47. The molecular formula is C33H48N6O3. The van der Waals surface area contributed by atoms with Crippen LogP contribution in [0.3, 0.4) is 0 Å². The number of nitrogens with zero attached hydrogens (tertiary/aromatic N) is 3. The number of aliphatic hydroxyl groups excluding tert-OH is 1. The number of hydroxylamine groups is 1. The second-order valence-corrected chi connectivity index (χ2v) is 12.0. The van der Waals surface area contributed by atoms with E-state index in [0.29, 0.717) is 25.9 Å². The van der Waals surface area contributed by atoms with Crippen molar-refractivity contribution in [1.29, 1.82) is 5.41 Å². The number of likely N-dealkylation sites (tertiary alicyclic amines) is 1. The second kappa shape index (κ2) is 15.4. The zero-order valence-electron chi connectivity index (χ0n) is 25.7. The normalized spacial score (nSPS) is 26.0. The zero-order valence-corrected chi connectivity index (χ0v) is 25.7. The Bertz CT molecular complexity index is 1220. The van der Waals surface area contributed by atoms with Crippen molar-refractivity contribution in [2.24, 2.45) is 9.98 Å². The highest BCUT2D eigenvalue weighted by Crippen LogP contribution is 2.36. The van der Waals surface area contributed by atoms with E-state index in [1.165, 1.54) is 22.9 Å². The zero-order chi connectivity index (χ0) is 30.1. The average Bonchev–Trinajstić information content (AvgIpc) is 3.30. The third kappa shape index (κ3) is 8.93. The first-order valence-corrected chi connectivity index (χ1v) is 15.4. The number of β-amino-alcohol motifs (C(OH)–C–C–N with tert-alkyl or cyclic N) is 1. The minimum Gasteiger partial charge on any atom is -0.392 e. The maximum Gasteiger partial charge on any atom is 0.234 e. The van der Waals surface area contributed by atoms with Gasteiger partial charge in [0, 0.05) is 42.9 Å². The number of amidine groups is 1. The van der Waals surface area contributed by atoms with Crippen LogP contribution in [0, 0.1) is 5.41 Å². The number of amides is 1. The van der Waals surface area contributed by atoms with E-state index >= 15 is 0 Å². The Hall–Kier alpha value is -3.14. The molecule has 1 saturated carbocycles. The number of carbonyl (C=O) groups is 1. The van der Waals surface area contributed by atoms with Gasteiger partial charge in [0.2, 0.25) is 12.1 Å². The van der Waals surface area contributed by atoms with E-state index in [4.69, 9.17) is 15.2 Å². The van der Waals surface area contributed by atoms with Gasteiger partial charge in [-0.2, -0.15) is 0 Å². The number of hydrogen-bond donors (Lipinski definition) is 4. The van der Waals surface area contributed by atoms with Crippen molar-refractivity contribution in [3.05, 3.63) is 58.2 Å². The Morgan fingerprint density at radius 2 is 2.19 bits per heavy atom. The summed E-state index contributed by atoms with van der Waals surface area (Å²) >= 11 is 0. The van der Waals surface area contributed by atoms with Gasteiger partial charge in [-0.3, -0.25) is 20.2 Å². The summed E-state index contributed by atoms with van der Waals surface area (Å²) in [6, 6.07) is 0.209. The molecule has 0 aromatic rings. The molecule has 1 amide bonds. The summed E-state index contributed by atoms with van der Waals surface area (Å²) in [4.78, 5) is 30.4. The van der Waals surface area contributed by atoms with Gasteiger partial charge < -0.3 is 15.8 Å². The topological polar surface area (TPSA) is 122 Å². The molecular weight excluding hydrogens is 528 g/mol. The van der Waals surface area contributed by atoms with Gasteiger partial charge in [-0.15, -0.1) is 0 Å². The maximum absolute atomic E-state index is 13.0. The molecule has 2 aliphatic carbocycles. The number of carbonyl (C=O) groups excluding carboxylic acids is 1. The Morgan fingerprint density at radius 1 is 1.36 bits per heavy atom. The number of aliphatic hydroxyl groups is 1. The Labute approximate surface area is 250 Å². The van der Waals surface area contributed by atoms with Gasteiger partial charge >= 0.3 is 0 Å². The van der Waals surface area contributed by atoms with Crippen LogP contribution < -0.4 is 10.8 Å². The van der Waals surface area contributed by atoms with E-state index in [0.717, 1.165) is 67.8 Å². The number of hydrogen-bond acceptors (Lipinski definition) is 8. The Balaban J connectivity index is 1.44. The van der Waals surface area contributed by atoms with Crippen molar-refractivity contribution in [2.75, 3.05) is 19.6 Å². The van der Waals surface area contributed by atoms with Crippen molar-refractivity contribution in [3.8, 4) is 0 Å². The molecule has 3 atom stereocenters. The predicted octanol–water partition coefficient (Wildman–Crippen LogP) is 4.73. The van der Waals surface area contributed by atoms with Crippen molar-refractivity contribution in [3.63, 3.8) is 0 Å². The molecule has 2 aliphatic heterocycles. The molecule has 0 aromatic carbocycles. The summed E-state index contributed by atoms with van der Waals surface area (Å²) in [6.45, 7) is 9.80. The van der Waals surface area contributed by atoms with E-state index in [1.807, 2.05) is 26.0 Å². The van der Waals surface area contributed by atoms with Crippen LogP contribution in [0.5, 0.6) is 0 Å². The molecule has 9 nitrogen and oxygen atoms in total. The van der Waals surface area contributed by atoms with Gasteiger partial charge in [-0.1, -0.05) is 29.9 Å². The monoisotopic (exact) mass is 576 g/mol. The Kier molecular flexibility index (Phi) is 11.6. The fourth-order valence-electron chi connectivity index (χ4n) is 6.22. The van der Waals surface area contributed by atoms with Crippen LogP contribution in [0.15, 0.2) is 68.2 Å². The van der Waals surface area contributed by atoms with Crippen LogP contribution in [0.2, 0.25) is 0 Å². The molecule has 0 radical (unpaired) electrons. The highest BCUT2D eigenvalue weighted by atomic mass is 16.7.